The first-order valence-electron chi connectivity index (χ1n) is 5.17. The molecule has 1 N–H and O–H groups in total. The van der Waals surface area contributed by atoms with Crippen LogP contribution in [0.1, 0.15) is 29.9 Å². The summed E-state index contributed by atoms with van der Waals surface area (Å²) < 4.78 is 0. The molecule has 14 heavy (non-hydrogen) atoms. The lowest BCUT2D eigenvalue weighted by molar-refractivity contribution is 0.281. The Labute approximate surface area is 89.5 Å². The highest BCUT2D eigenvalue weighted by atomic mass is 32.2. The van der Waals surface area contributed by atoms with Crippen molar-refractivity contribution in [3.05, 3.63) is 35.4 Å². The van der Waals surface area contributed by atoms with Crippen molar-refractivity contribution in [2.45, 2.75) is 25.4 Å². The molecule has 0 spiro atoms. The fraction of sp³-hybridized carbons (Fsp3) is 0.500. The molecule has 1 fully saturated rings. The zero-order valence-corrected chi connectivity index (χ0v) is 9.09. The van der Waals surface area contributed by atoms with Gasteiger partial charge in [0.2, 0.25) is 0 Å². The number of benzene rings is 1. The average molecular weight is 208 g/mol. The maximum Gasteiger partial charge on any atom is 0.0681 e. The maximum absolute atomic E-state index is 9.06. The average Bonchev–Trinajstić information content (AvgIpc) is 2.30. The Bertz CT molecular complexity index is 292. The molecule has 1 aromatic carbocycles. The summed E-state index contributed by atoms with van der Waals surface area (Å²) >= 11 is 2.05. The van der Waals surface area contributed by atoms with Crippen molar-refractivity contribution in [2.75, 3.05) is 11.5 Å². The van der Waals surface area contributed by atoms with Crippen molar-refractivity contribution in [3.8, 4) is 0 Å². The van der Waals surface area contributed by atoms with Crippen LogP contribution in [0.4, 0.5) is 0 Å². The first kappa shape index (κ1) is 10.1. The molecule has 0 amide bonds. The molecular formula is C12H16OS. The monoisotopic (exact) mass is 208 g/mol. The summed E-state index contributed by atoms with van der Waals surface area (Å²) in [6.07, 6.45) is 2.64. The quantitative estimate of drug-likeness (QED) is 0.806. The maximum atomic E-state index is 9.06. The van der Waals surface area contributed by atoms with Gasteiger partial charge in [0.15, 0.2) is 0 Å². The standard InChI is InChI=1S/C12H16OS/c13-8-10-3-1-4-11(7-10)12-5-2-6-14-9-12/h1,3-4,7,12-13H,2,5-6,8-9H2. The van der Waals surface area contributed by atoms with E-state index in [1.54, 1.807) is 0 Å². The van der Waals surface area contributed by atoms with Crippen LogP contribution in [-0.4, -0.2) is 16.6 Å². The molecule has 76 valence electrons. The Hall–Kier alpha value is -0.470. The van der Waals surface area contributed by atoms with Crippen LogP contribution in [-0.2, 0) is 6.61 Å². The second-order valence-electron chi connectivity index (χ2n) is 3.82. The summed E-state index contributed by atoms with van der Waals surface area (Å²) in [6.45, 7) is 0.160. The topological polar surface area (TPSA) is 20.2 Å². The molecule has 0 aromatic heterocycles. The summed E-state index contributed by atoms with van der Waals surface area (Å²) in [6, 6.07) is 8.38. The lowest BCUT2D eigenvalue weighted by Gasteiger charge is -2.21. The molecule has 0 radical (unpaired) electrons. The second-order valence-corrected chi connectivity index (χ2v) is 4.97. The van der Waals surface area contributed by atoms with Gasteiger partial charge in [-0.15, -0.1) is 0 Å². The van der Waals surface area contributed by atoms with Crippen LogP contribution in [0.15, 0.2) is 24.3 Å². The van der Waals surface area contributed by atoms with Gasteiger partial charge < -0.3 is 5.11 Å². The minimum absolute atomic E-state index is 0.160. The largest absolute Gasteiger partial charge is 0.392 e. The number of rotatable bonds is 2. The van der Waals surface area contributed by atoms with E-state index >= 15 is 0 Å². The van der Waals surface area contributed by atoms with E-state index in [-0.39, 0.29) is 6.61 Å². The molecule has 1 aliphatic heterocycles. The van der Waals surface area contributed by atoms with Crippen LogP contribution in [0.25, 0.3) is 0 Å². The van der Waals surface area contributed by atoms with Crippen molar-refractivity contribution < 1.29 is 5.11 Å². The number of hydrogen-bond donors (Lipinski definition) is 1. The molecule has 0 saturated carbocycles. The van der Waals surface area contributed by atoms with Gasteiger partial charge in [-0.25, -0.2) is 0 Å². The molecule has 1 atom stereocenters. The van der Waals surface area contributed by atoms with Crippen LogP contribution < -0.4 is 0 Å². The summed E-state index contributed by atoms with van der Waals surface area (Å²) in [4.78, 5) is 0. The van der Waals surface area contributed by atoms with Crippen molar-refractivity contribution in [3.63, 3.8) is 0 Å². The van der Waals surface area contributed by atoms with Gasteiger partial charge >= 0.3 is 0 Å². The molecule has 1 unspecified atom stereocenters. The number of thioether (sulfide) groups is 1. The Morgan fingerprint density at radius 2 is 2.36 bits per heavy atom. The third-order valence-electron chi connectivity index (χ3n) is 2.77. The summed E-state index contributed by atoms with van der Waals surface area (Å²) in [7, 11) is 0. The zero-order chi connectivity index (χ0) is 9.80. The normalized spacial score (nSPS) is 22.2. The van der Waals surface area contributed by atoms with Gasteiger partial charge in [-0.05, 0) is 35.6 Å². The van der Waals surface area contributed by atoms with E-state index in [1.807, 2.05) is 17.8 Å². The van der Waals surface area contributed by atoms with Crippen LogP contribution in [0.5, 0.6) is 0 Å². The first-order chi connectivity index (χ1) is 6.90. The van der Waals surface area contributed by atoms with E-state index < -0.39 is 0 Å². The Morgan fingerprint density at radius 1 is 1.43 bits per heavy atom. The first-order valence-corrected chi connectivity index (χ1v) is 6.33. The highest BCUT2D eigenvalue weighted by Gasteiger charge is 2.15. The Balaban J connectivity index is 2.13. The lowest BCUT2D eigenvalue weighted by Crippen LogP contribution is -2.08. The lowest BCUT2D eigenvalue weighted by atomic mass is 9.95. The number of aliphatic hydroxyl groups excluding tert-OH is 1. The minimum Gasteiger partial charge on any atom is -0.392 e. The predicted octanol–water partition coefficient (Wildman–Crippen LogP) is 2.79. The zero-order valence-electron chi connectivity index (χ0n) is 8.28. The van der Waals surface area contributed by atoms with Crippen LogP contribution in [0.2, 0.25) is 0 Å². The van der Waals surface area contributed by atoms with Crippen LogP contribution in [0.3, 0.4) is 0 Å². The van der Waals surface area contributed by atoms with E-state index in [0.29, 0.717) is 5.92 Å². The fourth-order valence-corrected chi connectivity index (χ4v) is 3.13. The summed E-state index contributed by atoms with van der Waals surface area (Å²) in [5.74, 6) is 3.27. The van der Waals surface area contributed by atoms with Crippen LogP contribution >= 0.6 is 11.8 Å². The van der Waals surface area contributed by atoms with Crippen molar-refractivity contribution in [1.29, 1.82) is 0 Å². The molecular weight excluding hydrogens is 192 g/mol. The van der Waals surface area contributed by atoms with Gasteiger partial charge in [0.05, 0.1) is 6.61 Å². The predicted molar refractivity (Wildman–Crippen MR) is 61.7 cm³/mol. The van der Waals surface area contributed by atoms with Crippen LogP contribution in [0, 0.1) is 0 Å². The SMILES string of the molecule is OCc1cccc(C2CCCSC2)c1. The van der Waals surface area contributed by atoms with Gasteiger partial charge in [0.25, 0.3) is 0 Å². The molecule has 2 rings (SSSR count). The van der Waals surface area contributed by atoms with Gasteiger partial charge in [0, 0.05) is 5.75 Å². The highest BCUT2D eigenvalue weighted by molar-refractivity contribution is 7.99. The molecule has 1 heterocycles. The third kappa shape index (κ3) is 2.31. The van der Waals surface area contributed by atoms with E-state index in [9.17, 15) is 0 Å². The number of aliphatic hydroxyl groups is 1. The Morgan fingerprint density at radius 3 is 3.07 bits per heavy atom. The van der Waals surface area contributed by atoms with E-state index in [1.165, 1.54) is 29.9 Å². The number of hydrogen-bond acceptors (Lipinski definition) is 2. The molecule has 1 aromatic rings. The van der Waals surface area contributed by atoms with Crippen molar-refractivity contribution in [2.24, 2.45) is 0 Å². The van der Waals surface area contributed by atoms with E-state index in [4.69, 9.17) is 5.11 Å². The smallest absolute Gasteiger partial charge is 0.0681 e. The van der Waals surface area contributed by atoms with Gasteiger partial charge in [-0.1, -0.05) is 24.3 Å². The molecule has 1 nitrogen and oxygen atoms in total. The molecule has 2 heteroatoms. The van der Waals surface area contributed by atoms with Gasteiger partial charge in [0.1, 0.15) is 0 Å². The molecule has 0 aliphatic carbocycles. The highest BCUT2D eigenvalue weighted by Crippen LogP contribution is 2.31. The van der Waals surface area contributed by atoms with Gasteiger partial charge in [-0.2, -0.15) is 11.8 Å². The van der Waals surface area contributed by atoms with E-state index in [2.05, 4.69) is 18.2 Å². The molecule has 1 saturated heterocycles. The minimum atomic E-state index is 0.160. The molecule has 1 aliphatic rings. The Kier molecular flexibility index (Phi) is 3.49. The van der Waals surface area contributed by atoms with Crippen molar-refractivity contribution in [1.82, 2.24) is 0 Å². The molecule has 0 bridgehead atoms. The van der Waals surface area contributed by atoms with E-state index in [0.717, 1.165) is 5.56 Å². The fourth-order valence-electron chi connectivity index (χ4n) is 1.95. The van der Waals surface area contributed by atoms with Gasteiger partial charge in [-0.3, -0.25) is 0 Å². The third-order valence-corrected chi connectivity index (χ3v) is 3.98. The summed E-state index contributed by atoms with van der Waals surface area (Å²) in [5, 5.41) is 9.06. The van der Waals surface area contributed by atoms with Crippen molar-refractivity contribution >= 4 is 11.8 Å². The summed E-state index contributed by atoms with van der Waals surface area (Å²) in [5.41, 5.74) is 2.45. The second kappa shape index (κ2) is 4.85.